The van der Waals surface area contributed by atoms with E-state index in [0.717, 1.165) is 18.4 Å². The molecule has 0 unspecified atom stereocenters. The average Bonchev–Trinajstić information content (AvgIpc) is 2.18. The molecule has 2 heteroatoms. The number of aryl methyl sites for hydroxylation is 1. The second-order valence-corrected chi connectivity index (χ2v) is 5.69. The van der Waals surface area contributed by atoms with Crippen molar-refractivity contribution in [1.29, 1.82) is 5.26 Å². The summed E-state index contributed by atoms with van der Waals surface area (Å²) in [4.78, 5) is 0. The fourth-order valence-corrected chi connectivity index (χ4v) is 2.93. The number of benzene rings is 1. The molecule has 0 amide bonds. The highest BCUT2D eigenvalue weighted by atomic mass is 16.3. The molecule has 0 aliphatic heterocycles. The summed E-state index contributed by atoms with van der Waals surface area (Å²) in [6, 6.07) is 10.6. The minimum Gasteiger partial charge on any atom is -0.390 e. The topological polar surface area (TPSA) is 44.0 Å². The predicted octanol–water partition coefficient (Wildman–Crippen LogP) is 2.94. The molecule has 1 fully saturated rings. The Morgan fingerprint density at radius 3 is 2.29 bits per heavy atom. The summed E-state index contributed by atoms with van der Waals surface area (Å²) < 4.78 is 0. The van der Waals surface area contributed by atoms with Crippen LogP contribution in [-0.2, 0) is 5.41 Å². The van der Waals surface area contributed by atoms with Crippen molar-refractivity contribution in [2.24, 2.45) is 5.92 Å². The van der Waals surface area contributed by atoms with E-state index in [1.807, 2.05) is 31.2 Å². The lowest BCUT2D eigenvalue weighted by molar-refractivity contribution is -0.0547. The Bertz CT molecular complexity index is 449. The summed E-state index contributed by atoms with van der Waals surface area (Å²) in [5, 5.41) is 19.7. The van der Waals surface area contributed by atoms with Gasteiger partial charge in [-0.15, -0.1) is 0 Å². The minimum absolute atomic E-state index is 0.0303. The van der Waals surface area contributed by atoms with Crippen molar-refractivity contribution in [2.75, 3.05) is 0 Å². The van der Waals surface area contributed by atoms with Crippen molar-refractivity contribution in [3.63, 3.8) is 0 Å². The highest BCUT2D eigenvalue weighted by Crippen LogP contribution is 2.53. The van der Waals surface area contributed by atoms with E-state index < -0.39 is 11.0 Å². The zero-order chi connectivity index (χ0) is 12.7. The van der Waals surface area contributed by atoms with Crippen molar-refractivity contribution in [3.8, 4) is 6.07 Å². The Morgan fingerprint density at radius 2 is 1.94 bits per heavy atom. The zero-order valence-corrected chi connectivity index (χ0v) is 10.7. The molecule has 90 valence electrons. The molecular formula is C15H19NO. The van der Waals surface area contributed by atoms with Crippen LogP contribution in [0.2, 0.25) is 0 Å². The highest BCUT2D eigenvalue weighted by molar-refractivity contribution is 5.39. The first kappa shape index (κ1) is 12.1. The summed E-state index contributed by atoms with van der Waals surface area (Å²) >= 11 is 0. The summed E-state index contributed by atoms with van der Waals surface area (Å²) in [5.74, 6) is 0.0303. The van der Waals surface area contributed by atoms with E-state index in [1.165, 1.54) is 5.56 Å². The Labute approximate surface area is 103 Å². The monoisotopic (exact) mass is 229 g/mol. The standard InChI is InChI=1S/C15H19NO/c1-11-4-6-12(7-5-11)15(10-16)9-8-13(15)14(2,3)17/h4-7,13,17H,8-9H2,1-3H3/t13-,15-/m1/s1. The smallest absolute Gasteiger partial charge is 0.0877 e. The molecule has 1 aliphatic carbocycles. The molecule has 2 rings (SSSR count). The fraction of sp³-hybridized carbons (Fsp3) is 0.533. The van der Waals surface area contributed by atoms with E-state index in [0.29, 0.717) is 0 Å². The van der Waals surface area contributed by atoms with Crippen LogP contribution >= 0.6 is 0 Å². The molecule has 0 spiro atoms. The largest absolute Gasteiger partial charge is 0.390 e. The number of aliphatic hydroxyl groups is 1. The van der Waals surface area contributed by atoms with Gasteiger partial charge in [0.25, 0.3) is 0 Å². The zero-order valence-electron chi connectivity index (χ0n) is 10.7. The summed E-state index contributed by atoms with van der Waals surface area (Å²) in [6.07, 6.45) is 1.77. The van der Waals surface area contributed by atoms with E-state index in [1.54, 1.807) is 13.8 Å². The van der Waals surface area contributed by atoms with Crippen molar-refractivity contribution in [3.05, 3.63) is 35.4 Å². The number of hydrogen-bond acceptors (Lipinski definition) is 2. The molecular weight excluding hydrogens is 210 g/mol. The number of hydrogen-bond donors (Lipinski definition) is 1. The molecule has 1 aliphatic rings. The molecule has 17 heavy (non-hydrogen) atoms. The van der Waals surface area contributed by atoms with Gasteiger partial charge >= 0.3 is 0 Å². The van der Waals surface area contributed by atoms with Gasteiger partial charge in [0.2, 0.25) is 0 Å². The van der Waals surface area contributed by atoms with Gasteiger partial charge in [0.15, 0.2) is 0 Å². The van der Waals surface area contributed by atoms with E-state index in [4.69, 9.17) is 0 Å². The van der Waals surface area contributed by atoms with Crippen LogP contribution in [0.15, 0.2) is 24.3 Å². The van der Waals surface area contributed by atoms with Gasteiger partial charge in [-0.25, -0.2) is 0 Å². The predicted molar refractivity (Wildman–Crippen MR) is 67.5 cm³/mol. The van der Waals surface area contributed by atoms with E-state index in [2.05, 4.69) is 6.07 Å². The summed E-state index contributed by atoms with van der Waals surface area (Å²) in [6.45, 7) is 5.64. The normalized spacial score (nSPS) is 28.3. The molecule has 1 aromatic rings. The molecule has 0 aromatic heterocycles. The fourth-order valence-electron chi connectivity index (χ4n) is 2.93. The first-order valence-corrected chi connectivity index (χ1v) is 6.11. The third-order valence-electron chi connectivity index (χ3n) is 4.04. The minimum atomic E-state index is -0.793. The molecule has 0 heterocycles. The summed E-state index contributed by atoms with van der Waals surface area (Å²) in [7, 11) is 0. The lowest BCUT2D eigenvalue weighted by Crippen LogP contribution is -2.53. The lowest BCUT2D eigenvalue weighted by atomic mass is 9.53. The first-order valence-electron chi connectivity index (χ1n) is 6.11. The van der Waals surface area contributed by atoms with Gasteiger partial charge in [-0.1, -0.05) is 29.8 Å². The van der Waals surface area contributed by atoms with Crippen LogP contribution in [-0.4, -0.2) is 10.7 Å². The highest BCUT2D eigenvalue weighted by Gasteiger charge is 2.54. The van der Waals surface area contributed by atoms with E-state index in [9.17, 15) is 10.4 Å². The molecule has 2 atom stereocenters. The van der Waals surface area contributed by atoms with E-state index in [-0.39, 0.29) is 5.92 Å². The SMILES string of the molecule is Cc1ccc([C@]2(C#N)CC[C@@H]2C(C)(C)O)cc1. The van der Waals surface area contributed by atoms with Crippen LogP contribution < -0.4 is 0 Å². The number of nitrogens with zero attached hydrogens (tertiary/aromatic N) is 1. The molecule has 1 saturated carbocycles. The van der Waals surface area contributed by atoms with Crippen molar-refractivity contribution >= 4 is 0 Å². The third kappa shape index (κ3) is 1.85. The second-order valence-electron chi connectivity index (χ2n) is 5.69. The quantitative estimate of drug-likeness (QED) is 0.847. The van der Waals surface area contributed by atoms with Gasteiger partial charge in [0, 0.05) is 5.92 Å². The van der Waals surface area contributed by atoms with Crippen LogP contribution in [0.25, 0.3) is 0 Å². The van der Waals surface area contributed by atoms with Gasteiger partial charge < -0.3 is 5.11 Å². The van der Waals surface area contributed by atoms with Crippen LogP contribution in [0.1, 0.15) is 37.8 Å². The summed E-state index contributed by atoms with van der Waals surface area (Å²) in [5.41, 5.74) is 0.954. The van der Waals surface area contributed by atoms with Gasteiger partial charge in [-0.2, -0.15) is 5.26 Å². The number of rotatable bonds is 2. The van der Waals surface area contributed by atoms with Crippen LogP contribution in [0, 0.1) is 24.2 Å². The van der Waals surface area contributed by atoms with Gasteiger partial charge in [-0.3, -0.25) is 0 Å². The van der Waals surface area contributed by atoms with E-state index >= 15 is 0 Å². The van der Waals surface area contributed by atoms with Gasteiger partial charge in [-0.05, 0) is 39.2 Å². The van der Waals surface area contributed by atoms with Crippen molar-refractivity contribution < 1.29 is 5.11 Å². The molecule has 0 radical (unpaired) electrons. The molecule has 1 N–H and O–H groups in total. The molecule has 2 nitrogen and oxygen atoms in total. The second kappa shape index (κ2) is 3.85. The van der Waals surface area contributed by atoms with Crippen LogP contribution in [0.3, 0.4) is 0 Å². The van der Waals surface area contributed by atoms with Crippen LogP contribution in [0.5, 0.6) is 0 Å². The van der Waals surface area contributed by atoms with Crippen LogP contribution in [0.4, 0.5) is 0 Å². The third-order valence-corrected chi connectivity index (χ3v) is 4.04. The average molecular weight is 229 g/mol. The maximum absolute atomic E-state index is 10.2. The van der Waals surface area contributed by atoms with Gasteiger partial charge in [0.1, 0.15) is 0 Å². The first-order chi connectivity index (χ1) is 7.90. The molecule has 0 saturated heterocycles. The van der Waals surface area contributed by atoms with Crippen molar-refractivity contribution in [2.45, 2.75) is 44.6 Å². The molecule has 1 aromatic carbocycles. The number of nitriles is 1. The van der Waals surface area contributed by atoms with Gasteiger partial charge in [0.05, 0.1) is 17.1 Å². The lowest BCUT2D eigenvalue weighted by Gasteiger charge is -2.50. The Hall–Kier alpha value is -1.33. The Balaban J connectivity index is 2.40. The Morgan fingerprint density at radius 1 is 1.35 bits per heavy atom. The Kier molecular flexibility index (Phi) is 2.75. The molecule has 0 bridgehead atoms. The maximum Gasteiger partial charge on any atom is 0.0877 e. The van der Waals surface area contributed by atoms with Crippen molar-refractivity contribution in [1.82, 2.24) is 0 Å². The maximum atomic E-state index is 10.2.